The highest BCUT2D eigenvalue weighted by Gasteiger charge is 2.30. The molecule has 3 heteroatoms. The molecule has 94 valence electrons. The zero-order chi connectivity index (χ0) is 12.3. The molecular weight excluding hydrogens is 220 g/mol. The fourth-order valence-corrected chi connectivity index (χ4v) is 2.25. The van der Waals surface area contributed by atoms with Gasteiger partial charge in [0, 0.05) is 18.7 Å². The summed E-state index contributed by atoms with van der Waals surface area (Å²) in [6.07, 6.45) is 1.56. The van der Waals surface area contributed by atoms with Gasteiger partial charge in [-0.25, -0.2) is 8.78 Å². The van der Waals surface area contributed by atoms with E-state index in [9.17, 15) is 8.78 Å². The Morgan fingerprint density at radius 2 is 1.88 bits per heavy atom. The highest BCUT2D eigenvalue weighted by atomic mass is 19.3. The van der Waals surface area contributed by atoms with Crippen molar-refractivity contribution >= 4 is 0 Å². The average Bonchev–Trinajstić information content (AvgIpc) is 2.27. The van der Waals surface area contributed by atoms with Crippen LogP contribution in [0.5, 0.6) is 0 Å². The average molecular weight is 239 g/mol. The molecule has 0 heterocycles. The maximum absolute atomic E-state index is 12.3. The van der Waals surface area contributed by atoms with Gasteiger partial charge < -0.3 is 5.32 Å². The van der Waals surface area contributed by atoms with Crippen molar-refractivity contribution in [1.82, 2.24) is 5.32 Å². The van der Waals surface area contributed by atoms with E-state index in [-0.39, 0.29) is 5.56 Å². The summed E-state index contributed by atoms with van der Waals surface area (Å²) in [6, 6.07) is 6.56. The summed E-state index contributed by atoms with van der Waals surface area (Å²) in [5, 5.41) is 3.41. The number of hydrogen-bond donors (Lipinski definition) is 1. The lowest BCUT2D eigenvalue weighted by Crippen LogP contribution is -2.36. The highest BCUT2D eigenvalue weighted by Crippen LogP contribution is 2.39. The topological polar surface area (TPSA) is 12.0 Å². The van der Waals surface area contributed by atoms with Crippen LogP contribution in [-0.4, -0.2) is 6.54 Å². The second-order valence-corrected chi connectivity index (χ2v) is 5.31. The molecule has 0 spiro atoms. The van der Waals surface area contributed by atoms with Crippen molar-refractivity contribution in [3.63, 3.8) is 0 Å². The first-order valence-corrected chi connectivity index (χ1v) is 6.17. The monoisotopic (exact) mass is 239 g/mol. The van der Waals surface area contributed by atoms with Crippen LogP contribution >= 0.6 is 0 Å². The fraction of sp³-hybridized carbons (Fsp3) is 0.571. The van der Waals surface area contributed by atoms with Crippen LogP contribution in [0, 0.1) is 5.41 Å². The van der Waals surface area contributed by atoms with Crippen LogP contribution < -0.4 is 5.32 Å². The molecule has 0 atom stereocenters. The van der Waals surface area contributed by atoms with Crippen LogP contribution in [0.1, 0.15) is 43.7 Å². The van der Waals surface area contributed by atoms with E-state index in [0.29, 0.717) is 5.41 Å². The van der Waals surface area contributed by atoms with Crippen molar-refractivity contribution in [2.45, 2.75) is 39.2 Å². The van der Waals surface area contributed by atoms with E-state index in [1.54, 1.807) is 12.1 Å². The van der Waals surface area contributed by atoms with Gasteiger partial charge in [-0.3, -0.25) is 0 Å². The second-order valence-electron chi connectivity index (χ2n) is 5.31. The molecular formula is C14H19F2N. The molecule has 1 saturated carbocycles. The molecule has 0 saturated heterocycles. The van der Waals surface area contributed by atoms with Gasteiger partial charge in [0.05, 0.1) is 0 Å². The Bertz CT molecular complexity index is 355. The zero-order valence-electron chi connectivity index (χ0n) is 10.2. The molecule has 0 amide bonds. The van der Waals surface area contributed by atoms with Crippen LogP contribution in [-0.2, 0) is 6.54 Å². The van der Waals surface area contributed by atoms with Crippen molar-refractivity contribution in [3.8, 4) is 0 Å². The van der Waals surface area contributed by atoms with E-state index in [2.05, 4.69) is 12.2 Å². The molecule has 0 aromatic heterocycles. The van der Waals surface area contributed by atoms with Crippen LogP contribution in [0.4, 0.5) is 8.78 Å². The molecule has 1 aromatic rings. The largest absolute Gasteiger partial charge is 0.312 e. The van der Waals surface area contributed by atoms with Crippen LogP contribution in [0.2, 0.25) is 0 Å². The van der Waals surface area contributed by atoms with Gasteiger partial charge in [0.25, 0.3) is 6.43 Å². The van der Waals surface area contributed by atoms with E-state index >= 15 is 0 Å². The van der Waals surface area contributed by atoms with Crippen LogP contribution in [0.15, 0.2) is 24.3 Å². The number of benzene rings is 1. The summed E-state index contributed by atoms with van der Waals surface area (Å²) in [5.74, 6) is 0. The molecule has 1 aliphatic carbocycles. The molecule has 0 unspecified atom stereocenters. The van der Waals surface area contributed by atoms with E-state index in [0.717, 1.165) is 18.7 Å². The van der Waals surface area contributed by atoms with Crippen molar-refractivity contribution in [3.05, 3.63) is 35.4 Å². The lowest BCUT2D eigenvalue weighted by Gasteiger charge is -2.38. The predicted octanol–water partition coefficient (Wildman–Crippen LogP) is 3.90. The summed E-state index contributed by atoms with van der Waals surface area (Å²) >= 11 is 0. The summed E-state index contributed by atoms with van der Waals surface area (Å²) in [4.78, 5) is 0. The van der Waals surface area contributed by atoms with Gasteiger partial charge in [-0.2, -0.15) is 0 Å². The zero-order valence-corrected chi connectivity index (χ0v) is 10.2. The molecule has 2 rings (SSSR count). The standard InChI is InChI=1S/C14H19F2N/c1-14(7-2-8-14)10-17-9-11-3-5-12(6-4-11)13(15)16/h3-6,13,17H,2,7-10H2,1H3. The highest BCUT2D eigenvalue weighted by molar-refractivity contribution is 5.23. The number of alkyl halides is 2. The van der Waals surface area contributed by atoms with Gasteiger partial charge in [-0.15, -0.1) is 0 Å². The Kier molecular flexibility index (Phi) is 3.77. The van der Waals surface area contributed by atoms with Crippen molar-refractivity contribution in [1.29, 1.82) is 0 Å². The van der Waals surface area contributed by atoms with Gasteiger partial charge in [0.15, 0.2) is 0 Å². The molecule has 0 aliphatic heterocycles. The lowest BCUT2D eigenvalue weighted by atomic mass is 9.70. The van der Waals surface area contributed by atoms with E-state index in [1.165, 1.54) is 31.4 Å². The minimum absolute atomic E-state index is 0.0969. The fourth-order valence-electron chi connectivity index (χ4n) is 2.25. The first-order chi connectivity index (χ1) is 8.09. The normalized spacial score (nSPS) is 18.1. The second kappa shape index (κ2) is 5.13. The molecule has 0 bridgehead atoms. The molecule has 0 radical (unpaired) electrons. The maximum Gasteiger partial charge on any atom is 0.263 e. The SMILES string of the molecule is CC1(CNCc2ccc(C(F)F)cc2)CCC1. The molecule has 1 nitrogen and oxygen atoms in total. The van der Waals surface area contributed by atoms with Crippen molar-refractivity contribution in [2.24, 2.45) is 5.41 Å². The van der Waals surface area contributed by atoms with E-state index in [1.807, 2.05) is 0 Å². The quantitative estimate of drug-likeness (QED) is 0.821. The Labute approximate surface area is 101 Å². The molecule has 1 fully saturated rings. The van der Waals surface area contributed by atoms with Gasteiger partial charge in [0.1, 0.15) is 0 Å². The first kappa shape index (κ1) is 12.5. The Morgan fingerprint density at radius 1 is 1.24 bits per heavy atom. The maximum atomic E-state index is 12.3. The molecule has 1 N–H and O–H groups in total. The molecule has 1 aliphatic rings. The Hall–Kier alpha value is -0.960. The van der Waals surface area contributed by atoms with E-state index < -0.39 is 6.43 Å². The molecule has 1 aromatic carbocycles. The first-order valence-electron chi connectivity index (χ1n) is 6.17. The van der Waals surface area contributed by atoms with Gasteiger partial charge in [0.2, 0.25) is 0 Å². The number of halogens is 2. The minimum atomic E-state index is -2.37. The third-order valence-electron chi connectivity index (χ3n) is 3.67. The number of rotatable bonds is 5. The van der Waals surface area contributed by atoms with E-state index in [4.69, 9.17) is 0 Å². The smallest absolute Gasteiger partial charge is 0.263 e. The van der Waals surface area contributed by atoms with Gasteiger partial charge in [-0.1, -0.05) is 37.6 Å². The lowest BCUT2D eigenvalue weighted by molar-refractivity contribution is 0.151. The Balaban J connectivity index is 1.79. The predicted molar refractivity (Wildman–Crippen MR) is 65.1 cm³/mol. The van der Waals surface area contributed by atoms with Gasteiger partial charge >= 0.3 is 0 Å². The summed E-state index contributed by atoms with van der Waals surface area (Å²) in [5.41, 5.74) is 1.63. The minimum Gasteiger partial charge on any atom is -0.312 e. The number of hydrogen-bond acceptors (Lipinski definition) is 1. The third-order valence-corrected chi connectivity index (χ3v) is 3.67. The number of nitrogens with one attached hydrogen (secondary N) is 1. The molecule has 17 heavy (non-hydrogen) atoms. The van der Waals surface area contributed by atoms with Crippen LogP contribution in [0.3, 0.4) is 0 Å². The summed E-state index contributed by atoms with van der Waals surface area (Å²) in [6.45, 7) is 4.08. The van der Waals surface area contributed by atoms with Crippen molar-refractivity contribution in [2.75, 3.05) is 6.54 Å². The summed E-state index contributed by atoms with van der Waals surface area (Å²) < 4.78 is 24.7. The Morgan fingerprint density at radius 3 is 2.35 bits per heavy atom. The third kappa shape index (κ3) is 3.25. The van der Waals surface area contributed by atoms with Crippen LogP contribution in [0.25, 0.3) is 0 Å². The van der Waals surface area contributed by atoms with Gasteiger partial charge in [-0.05, 0) is 23.8 Å². The van der Waals surface area contributed by atoms with Crippen molar-refractivity contribution < 1.29 is 8.78 Å². The summed E-state index contributed by atoms with van der Waals surface area (Å²) in [7, 11) is 0.